The number of hydrogen-bond acceptors (Lipinski definition) is 5. The van der Waals surface area contributed by atoms with Crippen LogP contribution in [0.25, 0.3) is 0 Å². The Morgan fingerprint density at radius 3 is 2.27 bits per heavy atom. The highest BCUT2D eigenvalue weighted by Gasteiger charge is 2.34. The van der Waals surface area contributed by atoms with Crippen LogP contribution in [-0.2, 0) is 14.3 Å². The summed E-state index contributed by atoms with van der Waals surface area (Å²) in [6.07, 6.45) is 1.27. The van der Waals surface area contributed by atoms with E-state index < -0.39 is 6.04 Å². The maximum absolute atomic E-state index is 12.9. The van der Waals surface area contributed by atoms with Gasteiger partial charge in [0.05, 0.1) is 7.11 Å². The number of benzene rings is 1. The number of piperidine rings is 1. The molecule has 166 valence electrons. The highest BCUT2D eigenvalue weighted by atomic mass is 16.5. The van der Waals surface area contributed by atoms with E-state index in [0.29, 0.717) is 49.7 Å². The summed E-state index contributed by atoms with van der Waals surface area (Å²) in [7, 11) is 3.06. The Labute approximate surface area is 178 Å². The molecule has 1 heterocycles. The Morgan fingerprint density at radius 2 is 1.73 bits per heavy atom. The second-order valence-electron chi connectivity index (χ2n) is 7.97. The summed E-state index contributed by atoms with van der Waals surface area (Å²) in [6.45, 7) is 5.71. The van der Waals surface area contributed by atoms with Crippen LogP contribution in [0, 0.1) is 11.8 Å². The molecule has 0 bridgehead atoms. The van der Waals surface area contributed by atoms with E-state index in [1.165, 1.54) is 7.11 Å². The van der Waals surface area contributed by atoms with Crippen LogP contribution in [0.1, 0.15) is 37.0 Å². The molecule has 1 saturated heterocycles. The van der Waals surface area contributed by atoms with Gasteiger partial charge in [0.15, 0.2) is 0 Å². The molecule has 0 aromatic heterocycles. The van der Waals surface area contributed by atoms with E-state index >= 15 is 0 Å². The molecular weight excluding hydrogens is 386 g/mol. The number of nitrogens with one attached hydrogen (secondary N) is 2. The number of carbonyl (C=O) groups excluding carboxylic acids is 3. The van der Waals surface area contributed by atoms with E-state index in [1.54, 1.807) is 36.3 Å². The largest absolute Gasteiger partial charge is 0.497 e. The Balaban J connectivity index is 2.07. The van der Waals surface area contributed by atoms with Gasteiger partial charge in [0.25, 0.3) is 5.91 Å². The van der Waals surface area contributed by atoms with Gasteiger partial charge in [-0.2, -0.15) is 0 Å². The second-order valence-corrected chi connectivity index (χ2v) is 7.97. The van der Waals surface area contributed by atoms with Crippen LogP contribution >= 0.6 is 0 Å². The van der Waals surface area contributed by atoms with Crippen molar-refractivity contribution in [1.29, 1.82) is 0 Å². The number of nitrogens with zero attached hydrogens (tertiary/aromatic N) is 1. The molecule has 0 saturated carbocycles. The number of hydrogen-bond donors (Lipinski definition) is 2. The van der Waals surface area contributed by atoms with Crippen molar-refractivity contribution in [3.8, 4) is 5.75 Å². The molecule has 8 heteroatoms. The Kier molecular flexibility index (Phi) is 9.11. The zero-order valence-corrected chi connectivity index (χ0v) is 18.3. The van der Waals surface area contributed by atoms with Crippen LogP contribution in [0.5, 0.6) is 5.75 Å². The van der Waals surface area contributed by atoms with Gasteiger partial charge >= 0.3 is 0 Å². The molecule has 0 aliphatic carbocycles. The van der Waals surface area contributed by atoms with Crippen LogP contribution in [0.2, 0.25) is 0 Å². The van der Waals surface area contributed by atoms with Gasteiger partial charge < -0.3 is 25.0 Å². The van der Waals surface area contributed by atoms with Crippen molar-refractivity contribution in [3.05, 3.63) is 29.8 Å². The quantitative estimate of drug-likeness (QED) is 0.632. The number of likely N-dealkylation sites (tertiary alicyclic amines) is 1. The molecular formula is C22H33N3O5. The zero-order chi connectivity index (χ0) is 22.1. The van der Waals surface area contributed by atoms with E-state index in [2.05, 4.69) is 10.6 Å². The SMILES string of the molecule is COCC(=O)N1CCC(C(NC(=O)c2ccc(OC)cc2)C(=O)NCC(C)C)CC1. The summed E-state index contributed by atoms with van der Waals surface area (Å²) in [5, 5.41) is 5.85. The summed E-state index contributed by atoms with van der Waals surface area (Å²) in [5.74, 6) is 0.365. The first kappa shape index (κ1) is 23.7. The van der Waals surface area contributed by atoms with Crippen LogP contribution in [-0.4, -0.2) is 69.1 Å². The first-order valence-electron chi connectivity index (χ1n) is 10.3. The normalized spacial score (nSPS) is 15.6. The molecule has 2 rings (SSSR count). The minimum Gasteiger partial charge on any atom is -0.497 e. The lowest BCUT2D eigenvalue weighted by Gasteiger charge is -2.35. The molecule has 0 spiro atoms. The number of ether oxygens (including phenoxy) is 2. The first-order chi connectivity index (χ1) is 14.3. The van der Waals surface area contributed by atoms with Crippen molar-refractivity contribution in [1.82, 2.24) is 15.5 Å². The summed E-state index contributed by atoms with van der Waals surface area (Å²) in [4.78, 5) is 39.5. The topological polar surface area (TPSA) is 97.0 Å². The predicted molar refractivity (Wildman–Crippen MR) is 113 cm³/mol. The van der Waals surface area contributed by atoms with Gasteiger partial charge in [-0.25, -0.2) is 0 Å². The number of rotatable bonds is 9. The van der Waals surface area contributed by atoms with Crippen molar-refractivity contribution < 1.29 is 23.9 Å². The summed E-state index contributed by atoms with van der Waals surface area (Å²) in [5.41, 5.74) is 0.463. The fourth-order valence-electron chi connectivity index (χ4n) is 3.48. The van der Waals surface area contributed by atoms with Gasteiger partial charge in [-0.1, -0.05) is 13.8 Å². The lowest BCUT2D eigenvalue weighted by molar-refractivity contribution is -0.136. The lowest BCUT2D eigenvalue weighted by atomic mass is 9.88. The van der Waals surface area contributed by atoms with Gasteiger partial charge in [0, 0.05) is 32.3 Å². The van der Waals surface area contributed by atoms with E-state index in [0.717, 1.165) is 0 Å². The smallest absolute Gasteiger partial charge is 0.251 e. The molecule has 3 amide bonds. The highest BCUT2D eigenvalue weighted by molar-refractivity contribution is 5.97. The average Bonchev–Trinajstić information content (AvgIpc) is 2.76. The van der Waals surface area contributed by atoms with Crippen molar-refractivity contribution >= 4 is 17.7 Å². The van der Waals surface area contributed by atoms with Gasteiger partial charge in [-0.15, -0.1) is 0 Å². The summed E-state index contributed by atoms with van der Waals surface area (Å²) >= 11 is 0. The third-order valence-corrected chi connectivity index (χ3v) is 5.24. The molecule has 1 aliphatic heterocycles. The minimum atomic E-state index is -0.655. The maximum atomic E-state index is 12.9. The summed E-state index contributed by atoms with van der Waals surface area (Å²) < 4.78 is 10.0. The second kappa shape index (κ2) is 11.5. The third-order valence-electron chi connectivity index (χ3n) is 5.24. The number of amides is 3. The molecule has 1 unspecified atom stereocenters. The van der Waals surface area contributed by atoms with Crippen molar-refractivity contribution in [2.45, 2.75) is 32.7 Å². The molecule has 2 N–H and O–H groups in total. The molecule has 1 aliphatic rings. The molecule has 1 aromatic rings. The van der Waals surface area contributed by atoms with Crippen LogP contribution in [0.4, 0.5) is 0 Å². The fraction of sp³-hybridized carbons (Fsp3) is 0.591. The average molecular weight is 420 g/mol. The Hall–Kier alpha value is -2.61. The summed E-state index contributed by atoms with van der Waals surface area (Å²) in [6, 6.07) is 6.11. The van der Waals surface area contributed by atoms with Gasteiger partial charge in [0.1, 0.15) is 18.4 Å². The Morgan fingerprint density at radius 1 is 1.10 bits per heavy atom. The van der Waals surface area contributed by atoms with Crippen molar-refractivity contribution in [2.24, 2.45) is 11.8 Å². The maximum Gasteiger partial charge on any atom is 0.251 e. The van der Waals surface area contributed by atoms with Crippen LogP contribution < -0.4 is 15.4 Å². The molecule has 8 nitrogen and oxygen atoms in total. The zero-order valence-electron chi connectivity index (χ0n) is 18.3. The third kappa shape index (κ3) is 6.73. The first-order valence-corrected chi connectivity index (χ1v) is 10.3. The minimum absolute atomic E-state index is 0.0500. The van der Waals surface area contributed by atoms with Crippen LogP contribution in [0.15, 0.2) is 24.3 Å². The molecule has 1 fully saturated rings. The van der Waals surface area contributed by atoms with Crippen LogP contribution in [0.3, 0.4) is 0 Å². The van der Waals surface area contributed by atoms with Crippen molar-refractivity contribution in [2.75, 3.05) is 40.5 Å². The fourth-order valence-corrected chi connectivity index (χ4v) is 3.48. The van der Waals surface area contributed by atoms with E-state index in [1.807, 2.05) is 13.8 Å². The molecule has 1 atom stereocenters. The van der Waals surface area contributed by atoms with E-state index in [9.17, 15) is 14.4 Å². The monoisotopic (exact) mass is 419 g/mol. The standard InChI is InChI=1S/C22H33N3O5/c1-15(2)13-23-22(28)20(16-9-11-25(12-10-16)19(26)14-29-3)24-21(27)17-5-7-18(30-4)8-6-17/h5-8,15-16,20H,9-14H2,1-4H3,(H,23,28)(H,24,27). The van der Waals surface area contributed by atoms with Crippen molar-refractivity contribution in [3.63, 3.8) is 0 Å². The molecule has 30 heavy (non-hydrogen) atoms. The van der Waals surface area contributed by atoms with Gasteiger partial charge in [-0.3, -0.25) is 14.4 Å². The number of carbonyl (C=O) groups is 3. The molecule has 1 aromatic carbocycles. The van der Waals surface area contributed by atoms with E-state index in [-0.39, 0.29) is 30.2 Å². The van der Waals surface area contributed by atoms with Gasteiger partial charge in [-0.05, 0) is 48.9 Å². The lowest BCUT2D eigenvalue weighted by Crippen LogP contribution is -2.54. The molecule has 0 radical (unpaired) electrons. The van der Waals surface area contributed by atoms with Gasteiger partial charge in [0.2, 0.25) is 11.8 Å². The highest BCUT2D eigenvalue weighted by Crippen LogP contribution is 2.22. The van der Waals surface area contributed by atoms with E-state index in [4.69, 9.17) is 9.47 Å². The number of methoxy groups -OCH3 is 2. The predicted octanol–water partition coefficient (Wildman–Crippen LogP) is 1.45. The Bertz CT molecular complexity index is 712.